The van der Waals surface area contributed by atoms with Gasteiger partial charge < -0.3 is 53.2 Å². The van der Waals surface area contributed by atoms with Gasteiger partial charge in [-0.2, -0.15) is 9.97 Å². The SMILES string of the molecule is Nc1nc2ncc(CNc3ccc(C(=O)N[C@@H](CCC(=O)O)C(=O)O)cc3)nc2c(=O)[nH]1.Nc1nc2ncc(CNc3ccc(C(=O)N[C@@H](CCC(=O)O)C(=O)O)cc3)nc2c(=O)[nH]1.[Zn]. The standard InChI is InChI=1S/2C19H19N7O6.Zn/c2*20-19-25-15-14(17(30)26-19)23-11(8-22-15)7-21-10-3-1-9(2-4-10)16(29)24-12(18(31)32)5-6-13(27)28;/h2*1-4,8,12,21H,5-7H2,(H,24,29)(H,27,28)(H,31,32)(H3,20,22,25,26,30);/t2*12-;/m00./s1. The van der Waals surface area contributed by atoms with E-state index in [4.69, 9.17) is 31.9 Å². The van der Waals surface area contributed by atoms with Gasteiger partial charge in [-0.1, -0.05) is 0 Å². The van der Waals surface area contributed by atoms with Crippen LogP contribution in [-0.2, 0) is 51.7 Å². The third-order valence-electron chi connectivity index (χ3n) is 8.71. The van der Waals surface area contributed by atoms with Crippen molar-refractivity contribution in [3.63, 3.8) is 0 Å². The van der Waals surface area contributed by atoms with Crippen LogP contribution < -0.4 is 43.9 Å². The zero-order chi connectivity index (χ0) is 46.5. The summed E-state index contributed by atoms with van der Waals surface area (Å²) in [7, 11) is 0. The number of carboxylic acid groups (broad SMARTS) is 4. The summed E-state index contributed by atoms with van der Waals surface area (Å²) in [5.41, 5.74) is 12.9. The van der Waals surface area contributed by atoms with Crippen LogP contribution in [-0.4, -0.2) is 108 Å². The van der Waals surface area contributed by atoms with Crippen molar-refractivity contribution in [2.24, 2.45) is 0 Å². The third-order valence-corrected chi connectivity index (χ3v) is 8.71. The molecule has 0 bridgehead atoms. The molecule has 0 aliphatic rings. The van der Waals surface area contributed by atoms with Crippen molar-refractivity contribution < 1.29 is 68.7 Å². The molecule has 0 aliphatic heterocycles. The van der Waals surface area contributed by atoms with Gasteiger partial charge in [-0.25, -0.2) is 29.5 Å². The van der Waals surface area contributed by atoms with Crippen molar-refractivity contribution in [2.45, 2.75) is 50.9 Å². The number of carbonyl (C=O) groups is 6. The minimum absolute atomic E-state index is 0. The molecule has 26 nitrogen and oxygen atoms in total. The van der Waals surface area contributed by atoms with Gasteiger partial charge in [0.2, 0.25) is 11.9 Å². The van der Waals surface area contributed by atoms with Crippen LogP contribution in [0.5, 0.6) is 0 Å². The Labute approximate surface area is 376 Å². The number of anilines is 4. The molecule has 0 spiro atoms. The molecule has 6 rings (SSSR count). The van der Waals surface area contributed by atoms with Crippen molar-refractivity contribution in [2.75, 3.05) is 22.1 Å². The Bertz CT molecular complexity index is 2650. The van der Waals surface area contributed by atoms with Gasteiger partial charge in [0.25, 0.3) is 22.9 Å². The van der Waals surface area contributed by atoms with Crippen LogP contribution >= 0.6 is 0 Å². The van der Waals surface area contributed by atoms with Gasteiger partial charge in [-0.15, -0.1) is 0 Å². The van der Waals surface area contributed by atoms with E-state index in [0.717, 1.165) is 0 Å². The Morgan fingerprint density at radius 2 is 0.923 bits per heavy atom. The van der Waals surface area contributed by atoms with Crippen molar-refractivity contribution >= 4 is 81.3 Å². The van der Waals surface area contributed by atoms with Crippen LogP contribution in [0.25, 0.3) is 22.3 Å². The molecule has 334 valence electrons. The van der Waals surface area contributed by atoms with E-state index in [0.29, 0.717) is 22.8 Å². The number of nitrogens with two attached hydrogens (primary N) is 2. The number of hydrogen-bond donors (Lipinski definition) is 12. The van der Waals surface area contributed by atoms with Crippen LogP contribution in [0.3, 0.4) is 0 Å². The largest absolute Gasteiger partial charge is 0.481 e. The summed E-state index contributed by atoms with van der Waals surface area (Å²) < 4.78 is 0. The van der Waals surface area contributed by atoms with Gasteiger partial charge in [-0.3, -0.25) is 38.7 Å². The van der Waals surface area contributed by atoms with E-state index >= 15 is 0 Å². The van der Waals surface area contributed by atoms with Crippen molar-refractivity contribution in [3.8, 4) is 0 Å². The van der Waals surface area contributed by atoms with Crippen molar-refractivity contribution in [1.29, 1.82) is 0 Å². The molecule has 0 saturated carbocycles. The smallest absolute Gasteiger partial charge is 0.326 e. The third kappa shape index (κ3) is 14.3. The summed E-state index contributed by atoms with van der Waals surface area (Å²) >= 11 is 0. The Kier molecular flexibility index (Phi) is 17.1. The maximum atomic E-state index is 12.3. The molecule has 4 heterocycles. The molecule has 0 saturated heterocycles. The summed E-state index contributed by atoms with van der Waals surface area (Å²) in [6.07, 6.45) is 1.68. The fraction of sp³-hybridized carbons (Fsp3) is 0.211. The summed E-state index contributed by atoms with van der Waals surface area (Å²) in [6, 6.07) is 9.73. The second kappa shape index (κ2) is 22.6. The average molecular weight is 948 g/mol. The fourth-order valence-electron chi connectivity index (χ4n) is 5.51. The number of rotatable bonds is 18. The molecule has 27 heteroatoms. The summed E-state index contributed by atoms with van der Waals surface area (Å²) in [5.74, 6) is -6.31. The van der Waals surface area contributed by atoms with Gasteiger partial charge in [0.05, 0.1) is 36.9 Å². The number of benzene rings is 2. The maximum absolute atomic E-state index is 12.3. The predicted octanol–water partition coefficient (Wildman–Crippen LogP) is -0.0921. The number of hydrogen-bond acceptors (Lipinski definition) is 18. The molecule has 4 aromatic heterocycles. The van der Waals surface area contributed by atoms with E-state index in [1.807, 2.05) is 0 Å². The number of amides is 2. The zero-order valence-corrected chi connectivity index (χ0v) is 36.7. The Hall–Kier alpha value is -8.48. The van der Waals surface area contributed by atoms with Crippen molar-refractivity contribution in [1.82, 2.24) is 50.5 Å². The molecule has 0 aliphatic carbocycles. The minimum atomic E-state index is -1.31. The number of nitrogen functional groups attached to an aromatic ring is 2. The van der Waals surface area contributed by atoms with Crippen LogP contribution in [0.4, 0.5) is 23.3 Å². The number of aromatic nitrogens is 8. The fourth-order valence-corrected chi connectivity index (χ4v) is 5.51. The van der Waals surface area contributed by atoms with E-state index in [-0.39, 0.29) is 104 Å². The first-order valence-electron chi connectivity index (χ1n) is 18.7. The van der Waals surface area contributed by atoms with E-state index in [1.54, 1.807) is 24.3 Å². The second-order valence-corrected chi connectivity index (χ2v) is 13.4. The maximum Gasteiger partial charge on any atom is 0.326 e. The minimum Gasteiger partial charge on any atom is -0.481 e. The van der Waals surface area contributed by atoms with Gasteiger partial charge in [0.15, 0.2) is 22.3 Å². The molecule has 0 unspecified atom stereocenters. The Morgan fingerprint density at radius 1 is 0.569 bits per heavy atom. The van der Waals surface area contributed by atoms with Crippen molar-refractivity contribution in [3.05, 3.63) is 104 Å². The summed E-state index contributed by atoms with van der Waals surface area (Å²) in [4.78, 5) is 121. The molecular weight excluding hydrogens is 910 g/mol. The zero-order valence-electron chi connectivity index (χ0n) is 33.8. The van der Waals surface area contributed by atoms with Gasteiger partial charge in [0, 0.05) is 54.8 Å². The predicted molar refractivity (Wildman–Crippen MR) is 224 cm³/mol. The van der Waals surface area contributed by atoms with Crippen LogP contribution in [0, 0.1) is 0 Å². The number of carbonyl (C=O) groups excluding carboxylic acids is 2. The van der Waals surface area contributed by atoms with Gasteiger partial charge in [-0.05, 0) is 61.4 Å². The van der Waals surface area contributed by atoms with E-state index < -0.39 is 58.9 Å². The number of nitrogens with one attached hydrogen (secondary N) is 6. The molecule has 0 fully saturated rings. The van der Waals surface area contributed by atoms with Gasteiger partial charge in [0.1, 0.15) is 12.1 Å². The number of nitrogens with zero attached hydrogens (tertiary/aromatic N) is 6. The average Bonchev–Trinajstić information content (AvgIpc) is 3.25. The van der Waals surface area contributed by atoms with E-state index in [2.05, 4.69) is 61.1 Å². The monoisotopic (exact) mass is 946 g/mol. The Morgan fingerprint density at radius 3 is 1.25 bits per heavy atom. The number of aliphatic carboxylic acids is 4. The van der Waals surface area contributed by atoms with Gasteiger partial charge >= 0.3 is 23.9 Å². The van der Waals surface area contributed by atoms with Crippen LogP contribution in [0.15, 0.2) is 70.5 Å². The first kappa shape index (κ1) is 49.2. The normalized spacial score (nSPS) is 11.4. The molecule has 65 heavy (non-hydrogen) atoms. The molecule has 2 aromatic carbocycles. The van der Waals surface area contributed by atoms with E-state index in [1.165, 1.54) is 36.7 Å². The molecule has 2 amide bonds. The van der Waals surface area contributed by atoms with E-state index in [9.17, 15) is 38.4 Å². The summed E-state index contributed by atoms with van der Waals surface area (Å²) in [5, 5.41) is 46.4. The van der Waals surface area contributed by atoms with Crippen LogP contribution in [0.1, 0.15) is 57.8 Å². The molecule has 0 radical (unpaired) electrons. The first-order chi connectivity index (χ1) is 30.4. The second-order valence-electron chi connectivity index (χ2n) is 13.4. The topological polar surface area (TPSA) is 427 Å². The quantitative estimate of drug-likeness (QED) is 0.0501. The molecular formula is C38H38N14O12Zn. The number of H-pyrrole nitrogens is 2. The molecule has 6 aromatic rings. The number of carboxylic acids is 4. The Balaban J connectivity index is 0.000000280. The molecule has 2 atom stereocenters. The summed E-state index contributed by atoms with van der Waals surface area (Å²) in [6.45, 7) is 0.461. The molecule has 14 N–H and O–H groups in total. The number of fused-ring (bicyclic) bond motifs is 2. The first-order valence-corrected chi connectivity index (χ1v) is 18.7. The van der Waals surface area contributed by atoms with Crippen LogP contribution in [0.2, 0.25) is 0 Å². The number of aromatic amines is 2.